The number of benzene rings is 1. The number of nitrogens with zero attached hydrogens (tertiary/aromatic N) is 6. The number of fused-ring (bicyclic) bond motifs is 1. The summed E-state index contributed by atoms with van der Waals surface area (Å²) in [6.45, 7) is 4.68. The van der Waals surface area contributed by atoms with Crippen LogP contribution in [0.5, 0.6) is 11.5 Å². The molecule has 3 heterocycles. The fourth-order valence-electron chi connectivity index (χ4n) is 5.14. The Kier molecular flexibility index (Phi) is 8.72. The summed E-state index contributed by atoms with van der Waals surface area (Å²) in [5.41, 5.74) is 1.54. The quantitative estimate of drug-likeness (QED) is 0.345. The third-order valence-corrected chi connectivity index (χ3v) is 9.46. The van der Waals surface area contributed by atoms with Crippen molar-refractivity contribution in [1.29, 1.82) is 0 Å². The average Bonchev–Trinajstić information content (AvgIpc) is 3.61. The van der Waals surface area contributed by atoms with Crippen LogP contribution in [-0.2, 0) is 11.0 Å². The van der Waals surface area contributed by atoms with Gasteiger partial charge in [0, 0.05) is 62.0 Å². The molecule has 1 saturated carbocycles. The van der Waals surface area contributed by atoms with Gasteiger partial charge in [-0.3, -0.25) is 4.40 Å². The first-order valence-corrected chi connectivity index (χ1v) is 14.9. The number of methoxy groups -OCH3 is 1. The van der Waals surface area contributed by atoms with Crippen molar-refractivity contribution in [2.45, 2.75) is 37.4 Å². The minimum absolute atomic E-state index is 0.340. The molecule has 0 N–H and O–H groups in total. The number of rotatable bonds is 10. The zero-order chi connectivity index (χ0) is 26.6. The standard InChI is InChI=1S/C27H37ClN6O3S/c1-31(2)10-6-16-37-24-18-25(36-3)22(28)17-21(24)23-19-33-11-9-26(30-27(33)29-23)32-12-14-34(15-13-32)38(35)20-7-4-5-8-20/h9,11,17-20H,4-8,10,12-16H2,1-3H3. The molecule has 0 amide bonds. The third kappa shape index (κ3) is 6.09. The minimum atomic E-state index is -0.870. The first kappa shape index (κ1) is 27.2. The summed E-state index contributed by atoms with van der Waals surface area (Å²) < 4.78 is 28.6. The van der Waals surface area contributed by atoms with E-state index in [2.05, 4.69) is 14.1 Å². The molecule has 5 rings (SSSR count). The van der Waals surface area contributed by atoms with Crippen molar-refractivity contribution in [3.05, 3.63) is 35.6 Å². The number of imidazole rings is 1. The Hall–Kier alpha value is -2.40. The summed E-state index contributed by atoms with van der Waals surface area (Å²) in [6, 6.07) is 5.68. The summed E-state index contributed by atoms with van der Waals surface area (Å²) in [5.74, 6) is 2.74. The molecule has 0 radical (unpaired) electrons. The lowest BCUT2D eigenvalue weighted by atomic mass is 10.1. The van der Waals surface area contributed by atoms with Gasteiger partial charge in [-0.15, -0.1) is 0 Å². The van der Waals surface area contributed by atoms with Gasteiger partial charge in [-0.25, -0.2) is 13.5 Å². The molecule has 1 unspecified atom stereocenters. The molecule has 3 aromatic rings. The van der Waals surface area contributed by atoms with E-state index in [9.17, 15) is 4.21 Å². The SMILES string of the molecule is COc1cc(OCCCN(C)C)c(-c2cn3ccc(N4CCN(S(=O)C5CCCC5)CC4)nc3n2)cc1Cl. The second kappa shape index (κ2) is 12.2. The van der Waals surface area contributed by atoms with Crippen molar-refractivity contribution < 1.29 is 13.7 Å². The van der Waals surface area contributed by atoms with Crippen LogP contribution in [0.15, 0.2) is 30.6 Å². The predicted molar refractivity (Wildman–Crippen MR) is 153 cm³/mol. The highest BCUT2D eigenvalue weighted by atomic mass is 35.5. The van der Waals surface area contributed by atoms with Gasteiger partial charge in [-0.1, -0.05) is 24.4 Å². The zero-order valence-corrected chi connectivity index (χ0v) is 24.0. The van der Waals surface area contributed by atoms with Gasteiger partial charge in [-0.2, -0.15) is 4.98 Å². The number of halogens is 1. The Balaban J connectivity index is 1.32. The molecule has 1 aliphatic carbocycles. The predicted octanol–water partition coefficient (Wildman–Crippen LogP) is 4.12. The molecule has 38 heavy (non-hydrogen) atoms. The van der Waals surface area contributed by atoms with Gasteiger partial charge >= 0.3 is 0 Å². The lowest BCUT2D eigenvalue weighted by Crippen LogP contribution is -2.48. The third-order valence-electron chi connectivity index (χ3n) is 7.25. The Morgan fingerprint density at radius 3 is 2.58 bits per heavy atom. The van der Waals surface area contributed by atoms with E-state index >= 15 is 0 Å². The highest BCUT2D eigenvalue weighted by Gasteiger charge is 2.29. The molecule has 11 heteroatoms. The summed E-state index contributed by atoms with van der Waals surface area (Å²) in [6.07, 6.45) is 9.43. The number of hydrogen-bond acceptors (Lipinski definition) is 7. The Labute approximate surface area is 232 Å². The molecule has 9 nitrogen and oxygen atoms in total. The number of anilines is 1. The van der Waals surface area contributed by atoms with E-state index in [1.165, 1.54) is 12.8 Å². The summed E-state index contributed by atoms with van der Waals surface area (Å²) in [5, 5.41) is 0.842. The van der Waals surface area contributed by atoms with Crippen LogP contribution in [0.2, 0.25) is 5.02 Å². The lowest BCUT2D eigenvalue weighted by molar-refractivity contribution is 0.281. The maximum atomic E-state index is 12.9. The number of hydrogen-bond donors (Lipinski definition) is 0. The monoisotopic (exact) mass is 560 g/mol. The molecule has 1 aromatic carbocycles. The van der Waals surface area contributed by atoms with Crippen LogP contribution in [-0.4, -0.2) is 93.6 Å². The summed E-state index contributed by atoms with van der Waals surface area (Å²) in [7, 11) is 4.82. The average molecular weight is 561 g/mol. The highest BCUT2D eigenvalue weighted by Crippen LogP contribution is 2.38. The van der Waals surface area contributed by atoms with E-state index in [0.29, 0.717) is 34.2 Å². The largest absolute Gasteiger partial charge is 0.495 e. The van der Waals surface area contributed by atoms with Gasteiger partial charge < -0.3 is 19.3 Å². The van der Waals surface area contributed by atoms with Crippen LogP contribution in [0, 0.1) is 0 Å². The molecule has 1 atom stereocenters. The van der Waals surface area contributed by atoms with Crippen LogP contribution < -0.4 is 14.4 Å². The first-order valence-electron chi connectivity index (χ1n) is 13.3. The van der Waals surface area contributed by atoms with Gasteiger partial charge in [0.05, 0.1) is 35.4 Å². The van der Waals surface area contributed by atoms with Gasteiger partial charge in [0.1, 0.15) is 17.3 Å². The Morgan fingerprint density at radius 2 is 1.87 bits per heavy atom. The fraction of sp³-hybridized carbons (Fsp3) is 0.556. The minimum Gasteiger partial charge on any atom is -0.495 e. The van der Waals surface area contributed by atoms with Crippen molar-refractivity contribution in [3.8, 4) is 22.8 Å². The topological polar surface area (TPSA) is 75.4 Å². The van der Waals surface area contributed by atoms with E-state index in [1.54, 1.807) is 7.11 Å². The molecule has 1 saturated heterocycles. The van der Waals surface area contributed by atoms with Gasteiger partial charge in [0.2, 0.25) is 5.78 Å². The Bertz CT molecular complexity index is 1270. The summed E-state index contributed by atoms with van der Waals surface area (Å²) >= 11 is 6.49. The number of piperazine rings is 1. The van der Waals surface area contributed by atoms with E-state index in [-0.39, 0.29) is 0 Å². The van der Waals surface area contributed by atoms with Crippen molar-refractivity contribution in [3.63, 3.8) is 0 Å². The smallest absolute Gasteiger partial charge is 0.236 e. The number of aromatic nitrogens is 3. The Morgan fingerprint density at radius 1 is 1.11 bits per heavy atom. The van der Waals surface area contributed by atoms with Crippen molar-refractivity contribution in [2.75, 3.05) is 65.4 Å². The molecule has 2 aromatic heterocycles. The van der Waals surface area contributed by atoms with Crippen LogP contribution in [0.1, 0.15) is 32.1 Å². The number of ether oxygens (including phenoxy) is 2. The van der Waals surface area contributed by atoms with Crippen LogP contribution in [0.4, 0.5) is 5.82 Å². The highest BCUT2D eigenvalue weighted by molar-refractivity contribution is 7.83. The van der Waals surface area contributed by atoms with Crippen molar-refractivity contribution in [1.82, 2.24) is 23.6 Å². The van der Waals surface area contributed by atoms with E-state index in [4.69, 9.17) is 31.0 Å². The van der Waals surface area contributed by atoms with Gasteiger partial charge in [0.25, 0.3) is 0 Å². The maximum Gasteiger partial charge on any atom is 0.236 e. The van der Waals surface area contributed by atoms with E-state index in [1.807, 2.05) is 49.1 Å². The van der Waals surface area contributed by atoms with E-state index in [0.717, 1.165) is 69.1 Å². The molecule has 0 spiro atoms. The molecular weight excluding hydrogens is 524 g/mol. The van der Waals surface area contributed by atoms with Gasteiger partial charge in [0.15, 0.2) is 0 Å². The van der Waals surface area contributed by atoms with E-state index < -0.39 is 11.0 Å². The molecule has 0 bridgehead atoms. The second-order valence-corrected chi connectivity index (χ2v) is 12.3. The second-order valence-electron chi connectivity index (χ2n) is 10.2. The first-order chi connectivity index (χ1) is 18.4. The molecule has 2 aliphatic rings. The van der Waals surface area contributed by atoms with Crippen LogP contribution >= 0.6 is 11.6 Å². The normalized spacial score (nSPS) is 18.0. The summed E-state index contributed by atoms with van der Waals surface area (Å²) in [4.78, 5) is 14.1. The molecule has 1 aliphatic heterocycles. The van der Waals surface area contributed by atoms with Crippen molar-refractivity contribution >= 4 is 34.2 Å². The van der Waals surface area contributed by atoms with Crippen LogP contribution in [0.3, 0.4) is 0 Å². The fourth-order valence-corrected chi connectivity index (χ4v) is 7.06. The maximum absolute atomic E-state index is 12.9. The molecule has 2 fully saturated rings. The van der Waals surface area contributed by atoms with Crippen molar-refractivity contribution in [2.24, 2.45) is 0 Å². The molecular formula is C27H37ClN6O3S. The lowest BCUT2D eigenvalue weighted by Gasteiger charge is -2.35. The molecule has 206 valence electrons. The van der Waals surface area contributed by atoms with Crippen LogP contribution in [0.25, 0.3) is 17.0 Å². The van der Waals surface area contributed by atoms with Gasteiger partial charge in [-0.05, 0) is 45.5 Å². The zero-order valence-electron chi connectivity index (χ0n) is 22.4.